The molecule has 0 bridgehead atoms. The van der Waals surface area contributed by atoms with Crippen molar-refractivity contribution in [2.45, 2.75) is 76.7 Å². The summed E-state index contributed by atoms with van der Waals surface area (Å²) in [6.45, 7) is 4.96. The van der Waals surface area contributed by atoms with E-state index >= 15 is 0 Å². The van der Waals surface area contributed by atoms with E-state index in [-0.39, 0.29) is 18.8 Å². The summed E-state index contributed by atoms with van der Waals surface area (Å²) in [5, 5.41) is 34.8. The van der Waals surface area contributed by atoms with Gasteiger partial charge < -0.3 is 37.0 Å². The van der Waals surface area contributed by atoms with Gasteiger partial charge in [-0.2, -0.15) is 11.8 Å². The van der Waals surface area contributed by atoms with E-state index in [0.717, 1.165) is 6.92 Å². The van der Waals surface area contributed by atoms with Crippen molar-refractivity contribution < 1.29 is 39.3 Å². The molecule has 0 radical (unpaired) electrons. The number of rotatable bonds is 16. The molecule has 190 valence electrons. The largest absolute Gasteiger partial charge is 0.481 e. The van der Waals surface area contributed by atoms with Gasteiger partial charge in [-0.1, -0.05) is 13.8 Å². The van der Waals surface area contributed by atoms with Gasteiger partial charge in [-0.25, -0.2) is 4.79 Å². The zero-order valence-corrected chi connectivity index (χ0v) is 20.2. The van der Waals surface area contributed by atoms with Gasteiger partial charge in [-0.15, -0.1) is 0 Å². The molecule has 0 saturated heterocycles. The molecule has 0 aromatic heterocycles. The van der Waals surface area contributed by atoms with E-state index in [1.54, 1.807) is 0 Å². The molecule has 0 aliphatic heterocycles. The number of amides is 3. The van der Waals surface area contributed by atoms with Crippen molar-refractivity contribution in [3.63, 3.8) is 0 Å². The molecule has 0 heterocycles. The molecule has 0 rings (SSSR count). The standard InChI is InChI=1S/C20H36N4O8S/c1-10(2)9-12(21)17(28)22-14(7-8-33-4)18(29)23-13(5-6-15(26)27)19(30)24-16(11(3)25)20(31)32/h10-14,16,25H,5-9,21H2,1-4H3,(H,22,28)(H,23,29)(H,24,30)(H,26,27)(H,31,32). The van der Waals surface area contributed by atoms with Crippen molar-refractivity contribution in [2.75, 3.05) is 12.0 Å². The van der Waals surface area contributed by atoms with Crippen LogP contribution in [0.5, 0.6) is 0 Å². The number of carbonyl (C=O) groups excluding carboxylic acids is 3. The fraction of sp³-hybridized carbons (Fsp3) is 0.750. The van der Waals surface area contributed by atoms with Crippen molar-refractivity contribution in [3.8, 4) is 0 Å². The minimum Gasteiger partial charge on any atom is -0.481 e. The van der Waals surface area contributed by atoms with Crippen molar-refractivity contribution in [3.05, 3.63) is 0 Å². The van der Waals surface area contributed by atoms with E-state index in [1.165, 1.54) is 11.8 Å². The first-order valence-electron chi connectivity index (χ1n) is 10.6. The maximum atomic E-state index is 12.9. The minimum atomic E-state index is -1.65. The van der Waals surface area contributed by atoms with E-state index in [1.807, 2.05) is 20.1 Å². The normalized spacial score (nSPS) is 15.6. The summed E-state index contributed by atoms with van der Waals surface area (Å²) in [5.74, 6) is -4.29. The minimum absolute atomic E-state index is 0.157. The predicted molar refractivity (Wildman–Crippen MR) is 122 cm³/mol. The lowest BCUT2D eigenvalue weighted by molar-refractivity contribution is -0.145. The van der Waals surface area contributed by atoms with Crippen LogP contribution < -0.4 is 21.7 Å². The number of thioether (sulfide) groups is 1. The number of nitrogens with two attached hydrogens (primary N) is 1. The van der Waals surface area contributed by atoms with E-state index in [2.05, 4.69) is 16.0 Å². The third kappa shape index (κ3) is 12.4. The number of carboxylic acids is 2. The van der Waals surface area contributed by atoms with Crippen LogP contribution >= 0.6 is 11.8 Å². The van der Waals surface area contributed by atoms with Crippen LogP contribution in [-0.4, -0.2) is 87.3 Å². The number of aliphatic hydroxyl groups is 1. The smallest absolute Gasteiger partial charge is 0.328 e. The monoisotopic (exact) mass is 492 g/mol. The number of hydrogen-bond acceptors (Lipinski definition) is 8. The molecule has 3 amide bonds. The Bertz CT molecular complexity index is 689. The molecular formula is C20H36N4O8S. The van der Waals surface area contributed by atoms with Gasteiger partial charge in [0.25, 0.3) is 0 Å². The predicted octanol–water partition coefficient (Wildman–Crippen LogP) is -1.10. The topological polar surface area (TPSA) is 208 Å². The third-order valence-electron chi connectivity index (χ3n) is 4.63. The van der Waals surface area contributed by atoms with Crippen LogP contribution in [-0.2, 0) is 24.0 Å². The Labute approximate surface area is 197 Å². The van der Waals surface area contributed by atoms with E-state index in [9.17, 15) is 29.1 Å². The van der Waals surface area contributed by atoms with Gasteiger partial charge in [0.1, 0.15) is 12.1 Å². The highest BCUT2D eigenvalue weighted by molar-refractivity contribution is 7.98. The van der Waals surface area contributed by atoms with E-state index in [0.29, 0.717) is 12.2 Å². The summed E-state index contributed by atoms with van der Waals surface area (Å²) in [4.78, 5) is 60.1. The number of hydrogen-bond donors (Lipinski definition) is 7. The SMILES string of the molecule is CSCCC(NC(=O)C(N)CC(C)C)C(=O)NC(CCC(=O)O)C(=O)NC(C(=O)O)C(C)O. The quantitative estimate of drug-likeness (QED) is 0.138. The molecule has 0 spiro atoms. The lowest BCUT2D eigenvalue weighted by Gasteiger charge is -2.25. The zero-order chi connectivity index (χ0) is 25.7. The van der Waals surface area contributed by atoms with E-state index in [4.69, 9.17) is 15.9 Å². The van der Waals surface area contributed by atoms with Crippen LogP contribution in [0.25, 0.3) is 0 Å². The summed E-state index contributed by atoms with van der Waals surface area (Å²) < 4.78 is 0. The average Bonchev–Trinajstić information content (AvgIpc) is 2.70. The number of aliphatic carboxylic acids is 2. The first kappa shape index (κ1) is 30.6. The van der Waals surface area contributed by atoms with Gasteiger partial charge in [0.15, 0.2) is 6.04 Å². The molecule has 5 unspecified atom stereocenters. The average molecular weight is 493 g/mol. The van der Waals surface area contributed by atoms with Crippen molar-refractivity contribution >= 4 is 41.4 Å². The second-order valence-electron chi connectivity index (χ2n) is 8.14. The Morgan fingerprint density at radius 3 is 1.85 bits per heavy atom. The molecule has 8 N–H and O–H groups in total. The fourth-order valence-electron chi connectivity index (χ4n) is 2.85. The number of carbonyl (C=O) groups is 5. The molecule has 13 heteroatoms. The first-order valence-corrected chi connectivity index (χ1v) is 12.0. The second-order valence-corrected chi connectivity index (χ2v) is 9.12. The molecule has 12 nitrogen and oxygen atoms in total. The van der Waals surface area contributed by atoms with Crippen LogP contribution in [0.1, 0.15) is 46.5 Å². The van der Waals surface area contributed by atoms with Gasteiger partial charge in [-0.05, 0) is 44.1 Å². The van der Waals surface area contributed by atoms with Crippen LogP contribution in [0.3, 0.4) is 0 Å². The molecule has 0 aliphatic rings. The molecular weight excluding hydrogens is 456 g/mol. The third-order valence-corrected chi connectivity index (χ3v) is 5.28. The van der Waals surface area contributed by atoms with Gasteiger partial charge in [0.05, 0.1) is 12.1 Å². The Kier molecular flexibility index (Phi) is 14.3. The molecule has 0 fully saturated rings. The maximum absolute atomic E-state index is 12.9. The summed E-state index contributed by atoms with van der Waals surface area (Å²) >= 11 is 1.44. The van der Waals surface area contributed by atoms with Crippen LogP contribution in [0.4, 0.5) is 0 Å². The lowest BCUT2D eigenvalue weighted by Crippen LogP contribution is -2.58. The Hall–Kier alpha value is -2.38. The number of aliphatic hydroxyl groups excluding tert-OH is 1. The first-order chi connectivity index (χ1) is 15.3. The van der Waals surface area contributed by atoms with Gasteiger partial charge >= 0.3 is 11.9 Å². The van der Waals surface area contributed by atoms with Gasteiger partial charge in [0.2, 0.25) is 17.7 Å². The highest BCUT2D eigenvalue weighted by Gasteiger charge is 2.32. The summed E-state index contributed by atoms with van der Waals surface area (Å²) in [6, 6.07) is -4.91. The molecule has 0 saturated carbocycles. The van der Waals surface area contributed by atoms with Crippen molar-refractivity contribution in [2.24, 2.45) is 11.7 Å². The van der Waals surface area contributed by atoms with E-state index < -0.39 is 66.4 Å². The highest BCUT2D eigenvalue weighted by Crippen LogP contribution is 2.07. The van der Waals surface area contributed by atoms with Gasteiger partial charge in [-0.3, -0.25) is 19.2 Å². The summed E-state index contributed by atoms with van der Waals surface area (Å²) in [6.07, 6.45) is 0.208. The van der Waals surface area contributed by atoms with Crippen molar-refractivity contribution in [1.29, 1.82) is 0 Å². The zero-order valence-electron chi connectivity index (χ0n) is 19.4. The molecule has 0 aromatic rings. The van der Waals surface area contributed by atoms with Crippen molar-refractivity contribution in [1.82, 2.24) is 16.0 Å². The number of nitrogens with one attached hydrogen (secondary N) is 3. The summed E-state index contributed by atoms with van der Waals surface area (Å²) in [7, 11) is 0. The fourth-order valence-corrected chi connectivity index (χ4v) is 3.32. The second kappa shape index (κ2) is 15.5. The Morgan fingerprint density at radius 2 is 1.39 bits per heavy atom. The molecule has 5 atom stereocenters. The van der Waals surface area contributed by atoms with Crippen LogP contribution in [0.15, 0.2) is 0 Å². The van der Waals surface area contributed by atoms with Gasteiger partial charge in [0, 0.05) is 6.42 Å². The van der Waals surface area contributed by atoms with Crippen LogP contribution in [0, 0.1) is 5.92 Å². The molecule has 33 heavy (non-hydrogen) atoms. The molecule has 0 aliphatic carbocycles. The number of carboxylic acid groups (broad SMARTS) is 2. The maximum Gasteiger partial charge on any atom is 0.328 e. The molecule has 0 aromatic carbocycles. The lowest BCUT2D eigenvalue weighted by atomic mass is 10.0. The summed E-state index contributed by atoms with van der Waals surface area (Å²) in [5.41, 5.74) is 5.88. The van der Waals surface area contributed by atoms with Crippen LogP contribution in [0.2, 0.25) is 0 Å². The Balaban J connectivity index is 5.51. The highest BCUT2D eigenvalue weighted by atomic mass is 32.2. The Morgan fingerprint density at radius 1 is 0.879 bits per heavy atom.